The van der Waals surface area contributed by atoms with Crippen molar-refractivity contribution in [3.8, 4) is 5.75 Å². The van der Waals surface area contributed by atoms with Crippen LogP contribution in [-0.2, 0) is 6.54 Å². The maximum Gasteiger partial charge on any atom is 0.183 e. The summed E-state index contributed by atoms with van der Waals surface area (Å²) in [5.74, 6) is 0.577. The SMILES string of the molecule is CCn1nnc2c(N[C@@H]3CCC[C@@H]3Oc3ccccc3F)ncnc21. The second-order valence-corrected chi connectivity index (χ2v) is 6.07. The van der Waals surface area contributed by atoms with Crippen LogP contribution in [0.2, 0.25) is 0 Å². The number of para-hydroxylation sites is 1. The first-order chi connectivity index (χ1) is 12.3. The van der Waals surface area contributed by atoms with E-state index in [2.05, 4.69) is 25.6 Å². The third kappa shape index (κ3) is 2.99. The summed E-state index contributed by atoms with van der Waals surface area (Å²) in [4.78, 5) is 8.56. The molecule has 0 spiro atoms. The van der Waals surface area contributed by atoms with E-state index in [-0.39, 0.29) is 23.7 Å². The Bertz CT molecular complexity index is 882. The molecule has 1 aliphatic carbocycles. The fourth-order valence-electron chi connectivity index (χ4n) is 3.22. The van der Waals surface area contributed by atoms with Crippen LogP contribution in [0.25, 0.3) is 11.2 Å². The Morgan fingerprint density at radius 3 is 3.00 bits per heavy atom. The van der Waals surface area contributed by atoms with Gasteiger partial charge in [-0.2, -0.15) is 0 Å². The smallest absolute Gasteiger partial charge is 0.183 e. The number of nitrogens with zero attached hydrogens (tertiary/aromatic N) is 5. The highest BCUT2D eigenvalue weighted by molar-refractivity contribution is 5.81. The number of aryl methyl sites for hydroxylation is 1. The van der Waals surface area contributed by atoms with Gasteiger partial charge in [0, 0.05) is 6.54 Å². The van der Waals surface area contributed by atoms with E-state index < -0.39 is 0 Å². The molecular formula is C17H19FN6O. The number of ether oxygens (including phenoxy) is 1. The van der Waals surface area contributed by atoms with E-state index in [9.17, 15) is 4.39 Å². The first-order valence-electron chi connectivity index (χ1n) is 8.48. The van der Waals surface area contributed by atoms with E-state index >= 15 is 0 Å². The van der Waals surface area contributed by atoms with Crippen LogP contribution < -0.4 is 10.1 Å². The molecule has 0 radical (unpaired) electrons. The number of halogens is 1. The van der Waals surface area contributed by atoms with Crippen molar-refractivity contribution < 1.29 is 9.13 Å². The number of nitrogens with one attached hydrogen (secondary N) is 1. The van der Waals surface area contributed by atoms with E-state index in [1.54, 1.807) is 22.9 Å². The number of hydrogen-bond donors (Lipinski definition) is 1. The molecule has 25 heavy (non-hydrogen) atoms. The first-order valence-corrected chi connectivity index (χ1v) is 8.48. The average molecular weight is 342 g/mol. The molecule has 1 aromatic carbocycles. The minimum Gasteiger partial charge on any atom is -0.485 e. The van der Waals surface area contributed by atoms with Crippen molar-refractivity contribution in [1.29, 1.82) is 0 Å². The van der Waals surface area contributed by atoms with Crippen molar-refractivity contribution in [2.24, 2.45) is 0 Å². The molecule has 0 aliphatic heterocycles. The summed E-state index contributed by atoms with van der Waals surface area (Å²) in [7, 11) is 0. The first kappa shape index (κ1) is 15.7. The zero-order chi connectivity index (χ0) is 17.2. The molecule has 8 heteroatoms. The molecule has 2 atom stereocenters. The Morgan fingerprint density at radius 2 is 2.16 bits per heavy atom. The van der Waals surface area contributed by atoms with Gasteiger partial charge in [0.05, 0.1) is 6.04 Å². The van der Waals surface area contributed by atoms with Gasteiger partial charge in [0.15, 0.2) is 28.5 Å². The number of hydrogen-bond acceptors (Lipinski definition) is 6. The molecule has 1 N–H and O–H groups in total. The maximum absolute atomic E-state index is 13.9. The van der Waals surface area contributed by atoms with Crippen molar-refractivity contribution in [3.05, 3.63) is 36.4 Å². The molecular weight excluding hydrogens is 323 g/mol. The Hall–Kier alpha value is -2.77. The molecule has 130 valence electrons. The van der Waals surface area contributed by atoms with Crippen LogP contribution in [-0.4, -0.2) is 37.1 Å². The van der Waals surface area contributed by atoms with Crippen LogP contribution in [0.5, 0.6) is 5.75 Å². The quantitative estimate of drug-likeness (QED) is 0.768. The van der Waals surface area contributed by atoms with Gasteiger partial charge < -0.3 is 10.1 Å². The minimum atomic E-state index is -0.344. The van der Waals surface area contributed by atoms with Gasteiger partial charge in [-0.25, -0.2) is 19.0 Å². The van der Waals surface area contributed by atoms with Crippen LogP contribution >= 0.6 is 0 Å². The third-order valence-corrected chi connectivity index (χ3v) is 4.49. The monoisotopic (exact) mass is 342 g/mol. The fraction of sp³-hybridized carbons (Fsp3) is 0.412. The lowest BCUT2D eigenvalue weighted by Crippen LogP contribution is -2.33. The van der Waals surface area contributed by atoms with Crippen molar-refractivity contribution >= 4 is 17.0 Å². The van der Waals surface area contributed by atoms with Crippen molar-refractivity contribution in [3.63, 3.8) is 0 Å². The molecule has 3 aromatic rings. The lowest BCUT2D eigenvalue weighted by molar-refractivity contribution is 0.190. The summed E-state index contributed by atoms with van der Waals surface area (Å²) >= 11 is 0. The van der Waals surface area contributed by atoms with Crippen LogP contribution in [0.4, 0.5) is 10.2 Å². The molecule has 1 saturated carbocycles. The molecule has 2 heterocycles. The highest BCUT2D eigenvalue weighted by atomic mass is 19.1. The molecule has 0 unspecified atom stereocenters. The lowest BCUT2D eigenvalue weighted by atomic mass is 10.2. The van der Waals surface area contributed by atoms with E-state index in [4.69, 9.17) is 4.74 Å². The molecule has 7 nitrogen and oxygen atoms in total. The number of benzene rings is 1. The molecule has 0 amide bonds. The summed E-state index contributed by atoms with van der Waals surface area (Å²) in [6, 6.07) is 6.52. The van der Waals surface area contributed by atoms with Gasteiger partial charge in [-0.05, 0) is 38.3 Å². The zero-order valence-electron chi connectivity index (χ0n) is 13.9. The minimum absolute atomic E-state index is 0.0319. The van der Waals surface area contributed by atoms with Gasteiger partial charge in [-0.1, -0.05) is 17.3 Å². The summed E-state index contributed by atoms with van der Waals surface area (Å²) in [5, 5.41) is 11.7. The Balaban J connectivity index is 1.56. The summed E-state index contributed by atoms with van der Waals surface area (Å²) in [5.41, 5.74) is 1.34. The molecule has 0 bridgehead atoms. The molecule has 1 aliphatic rings. The van der Waals surface area contributed by atoms with Gasteiger partial charge >= 0.3 is 0 Å². The van der Waals surface area contributed by atoms with Gasteiger partial charge in [0.2, 0.25) is 0 Å². The summed E-state index contributed by atoms with van der Waals surface area (Å²) in [6.07, 6.45) is 4.17. The van der Waals surface area contributed by atoms with Crippen LogP contribution in [0.1, 0.15) is 26.2 Å². The molecule has 4 rings (SSSR count). The number of anilines is 1. The Labute approximate surface area is 144 Å². The zero-order valence-corrected chi connectivity index (χ0v) is 13.9. The van der Waals surface area contributed by atoms with Gasteiger partial charge in [-0.15, -0.1) is 5.10 Å². The second kappa shape index (κ2) is 6.62. The van der Waals surface area contributed by atoms with Crippen molar-refractivity contribution in [1.82, 2.24) is 25.0 Å². The normalized spacial score (nSPS) is 20.1. The summed E-state index contributed by atoms with van der Waals surface area (Å²) in [6.45, 7) is 2.67. The second-order valence-electron chi connectivity index (χ2n) is 6.07. The van der Waals surface area contributed by atoms with E-state index in [0.29, 0.717) is 23.5 Å². The Kier molecular flexibility index (Phi) is 4.17. The maximum atomic E-state index is 13.9. The molecule has 1 fully saturated rings. The van der Waals surface area contributed by atoms with Gasteiger partial charge in [-0.3, -0.25) is 0 Å². The van der Waals surface area contributed by atoms with Gasteiger partial charge in [0.25, 0.3) is 0 Å². The predicted molar refractivity (Wildman–Crippen MR) is 90.9 cm³/mol. The van der Waals surface area contributed by atoms with Crippen molar-refractivity contribution in [2.45, 2.75) is 44.9 Å². The summed E-state index contributed by atoms with van der Waals surface area (Å²) < 4.78 is 21.5. The van der Waals surface area contributed by atoms with Crippen LogP contribution in [0, 0.1) is 5.82 Å². The highest BCUT2D eigenvalue weighted by Gasteiger charge is 2.30. The lowest BCUT2D eigenvalue weighted by Gasteiger charge is -2.23. The standard InChI is InChI=1S/C17H19FN6O/c1-2-24-17-15(22-23-24)16(19-10-20-17)21-12-7-5-9-14(12)25-13-8-4-3-6-11(13)18/h3-4,6,8,10,12,14H,2,5,7,9H2,1H3,(H,19,20,21)/t12-,14+/m1/s1. The van der Waals surface area contributed by atoms with E-state index in [1.807, 2.05) is 6.92 Å². The van der Waals surface area contributed by atoms with Crippen molar-refractivity contribution in [2.75, 3.05) is 5.32 Å². The topological polar surface area (TPSA) is 77.8 Å². The number of rotatable bonds is 5. The third-order valence-electron chi connectivity index (χ3n) is 4.49. The molecule has 2 aromatic heterocycles. The number of fused-ring (bicyclic) bond motifs is 1. The van der Waals surface area contributed by atoms with Crippen LogP contribution in [0.3, 0.4) is 0 Å². The number of aromatic nitrogens is 5. The van der Waals surface area contributed by atoms with Gasteiger partial charge in [0.1, 0.15) is 12.4 Å². The largest absolute Gasteiger partial charge is 0.485 e. The highest BCUT2D eigenvalue weighted by Crippen LogP contribution is 2.29. The fourth-order valence-corrected chi connectivity index (χ4v) is 3.22. The molecule has 0 saturated heterocycles. The van der Waals surface area contributed by atoms with E-state index in [0.717, 1.165) is 19.3 Å². The van der Waals surface area contributed by atoms with E-state index in [1.165, 1.54) is 12.4 Å². The average Bonchev–Trinajstić information content (AvgIpc) is 3.24. The predicted octanol–water partition coefficient (Wildman–Crippen LogP) is 2.79. The Morgan fingerprint density at radius 1 is 1.28 bits per heavy atom. The van der Waals surface area contributed by atoms with Crippen LogP contribution in [0.15, 0.2) is 30.6 Å².